The Kier molecular flexibility index (Phi) is 6.86. The first-order chi connectivity index (χ1) is 20.7. The van der Waals surface area contributed by atoms with E-state index < -0.39 is 17.7 Å². The number of aromatic nitrogens is 2. The monoisotopic (exact) mass is 589 g/mol. The number of ether oxygens (including phenoxy) is 1. The summed E-state index contributed by atoms with van der Waals surface area (Å²) in [6.07, 6.45) is 5.27. The van der Waals surface area contributed by atoms with Crippen molar-refractivity contribution in [1.82, 2.24) is 10.1 Å². The molecule has 2 saturated carbocycles. The van der Waals surface area contributed by atoms with Gasteiger partial charge in [-0.25, -0.2) is 9.78 Å². The molecule has 4 aromatic rings. The van der Waals surface area contributed by atoms with Gasteiger partial charge in [-0.3, -0.25) is 0 Å². The van der Waals surface area contributed by atoms with E-state index >= 15 is 0 Å². The summed E-state index contributed by atoms with van der Waals surface area (Å²) >= 11 is 0. The van der Waals surface area contributed by atoms with E-state index in [-0.39, 0.29) is 34.9 Å². The van der Waals surface area contributed by atoms with Crippen LogP contribution in [-0.2, 0) is 6.18 Å². The molecule has 1 saturated heterocycles. The number of halogens is 3. The molecule has 0 bridgehead atoms. The second-order valence-corrected chi connectivity index (χ2v) is 11.7. The number of hydrogen-bond donors (Lipinski definition) is 1. The molecule has 1 atom stereocenters. The number of anilines is 1. The van der Waals surface area contributed by atoms with Crippen LogP contribution in [0, 0.1) is 5.92 Å². The number of carbonyl (C=O) groups is 1. The number of benzene rings is 2. The van der Waals surface area contributed by atoms with Crippen molar-refractivity contribution in [3.63, 3.8) is 0 Å². The highest BCUT2D eigenvalue weighted by molar-refractivity contribution is 5.94. The van der Waals surface area contributed by atoms with Gasteiger partial charge >= 0.3 is 12.1 Å². The van der Waals surface area contributed by atoms with E-state index in [1.807, 2.05) is 24.3 Å². The summed E-state index contributed by atoms with van der Waals surface area (Å²) in [5.41, 5.74) is 1.65. The summed E-state index contributed by atoms with van der Waals surface area (Å²) in [6, 6.07) is 12.8. The van der Waals surface area contributed by atoms with E-state index in [1.165, 1.54) is 18.2 Å². The van der Waals surface area contributed by atoms with E-state index in [0.29, 0.717) is 22.6 Å². The predicted molar refractivity (Wildman–Crippen MR) is 155 cm³/mol. The Balaban J connectivity index is 1.15. The molecule has 0 amide bonds. The van der Waals surface area contributed by atoms with Gasteiger partial charge in [0.15, 0.2) is 5.69 Å². The number of hydrogen-bond acceptors (Lipinski definition) is 6. The lowest BCUT2D eigenvalue weighted by Crippen LogP contribution is -2.25. The predicted octanol–water partition coefficient (Wildman–Crippen LogP) is 7.96. The lowest BCUT2D eigenvalue weighted by Gasteiger charge is -2.27. The highest BCUT2D eigenvalue weighted by Crippen LogP contribution is 2.46. The summed E-state index contributed by atoms with van der Waals surface area (Å²) < 4.78 is 53.3. The topological polar surface area (TPSA) is 88.7 Å². The van der Waals surface area contributed by atoms with Crippen molar-refractivity contribution in [2.24, 2.45) is 5.92 Å². The number of rotatable bonds is 8. The van der Waals surface area contributed by atoms with Crippen LogP contribution in [0.2, 0.25) is 0 Å². The molecule has 222 valence electrons. The maximum atomic E-state index is 13.8. The van der Waals surface area contributed by atoms with Crippen molar-refractivity contribution < 1.29 is 32.3 Å². The first-order valence-electron chi connectivity index (χ1n) is 14.7. The van der Waals surface area contributed by atoms with Gasteiger partial charge in [0.1, 0.15) is 17.2 Å². The molecule has 1 N–H and O–H groups in total. The molecule has 7 nitrogen and oxygen atoms in total. The Labute approximate surface area is 246 Å². The Hall–Kier alpha value is -4.34. The van der Waals surface area contributed by atoms with Crippen molar-refractivity contribution in [1.29, 1.82) is 0 Å². The summed E-state index contributed by atoms with van der Waals surface area (Å²) in [4.78, 5) is 18.2. The molecule has 7 rings (SSSR count). The second kappa shape index (κ2) is 10.7. The number of nitrogens with zero attached hydrogens (tertiary/aromatic N) is 3. The van der Waals surface area contributed by atoms with Crippen LogP contribution in [0.5, 0.6) is 5.75 Å². The molecule has 0 radical (unpaired) electrons. The minimum atomic E-state index is -4.50. The molecular formula is C33H30F3N3O4. The molecule has 2 aromatic carbocycles. The molecule has 1 unspecified atom stereocenters. The molecule has 3 fully saturated rings. The Morgan fingerprint density at radius 1 is 1.07 bits per heavy atom. The number of aromatic carboxylic acids is 1. The van der Waals surface area contributed by atoms with Crippen molar-refractivity contribution in [2.45, 2.75) is 56.7 Å². The molecule has 2 aliphatic carbocycles. The van der Waals surface area contributed by atoms with Crippen molar-refractivity contribution >= 4 is 28.6 Å². The fourth-order valence-corrected chi connectivity index (χ4v) is 5.91. The van der Waals surface area contributed by atoms with Gasteiger partial charge in [0.05, 0.1) is 17.2 Å². The average molecular weight is 590 g/mol. The van der Waals surface area contributed by atoms with Crippen LogP contribution in [0.1, 0.15) is 71.8 Å². The van der Waals surface area contributed by atoms with Crippen LogP contribution in [-0.4, -0.2) is 40.4 Å². The minimum absolute atomic E-state index is 0.0223. The van der Waals surface area contributed by atoms with Gasteiger partial charge in [0, 0.05) is 47.3 Å². The number of alkyl halides is 3. The standard InChI is InChI=1S/C33H30F3N3O4/c34-33(35,36)26-7-2-1-6-23(26)30-24(31(43-38-30)20-9-10-20)12-8-19-14-15-39(18-19)21-11-13-27-25(16-21)29(42-22-4-3-5-22)17-28(37-27)32(40)41/h1-2,6-8,11-13,16-17,19-20,22H,3-5,9-10,14-15,18H2,(H,40,41). The molecule has 43 heavy (non-hydrogen) atoms. The van der Waals surface area contributed by atoms with E-state index in [2.05, 4.69) is 21.1 Å². The number of carboxylic acids is 1. The number of carboxylic acid groups (broad SMARTS) is 1. The van der Waals surface area contributed by atoms with Crippen molar-refractivity contribution in [3.8, 4) is 17.0 Å². The quantitative estimate of drug-likeness (QED) is 0.223. The fourth-order valence-electron chi connectivity index (χ4n) is 5.91. The van der Waals surface area contributed by atoms with Crippen LogP contribution < -0.4 is 9.64 Å². The van der Waals surface area contributed by atoms with Gasteiger partial charge in [-0.05, 0) is 68.7 Å². The fraction of sp³-hybridized carbons (Fsp3) is 0.364. The molecule has 3 heterocycles. The third kappa shape index (κ3) is 5.46. The first kappa shape index (κ1) is 27.5. The van der Waals surface area contributed by atoms with E-state index in [4.69, 9.17) is 9.26 Å². The smallest absolute Gasteiger partial charge is 0.417 e. The van der Waals surface area contributed by atoms with Crippen LogP contribution in [0.3, 0.4) is 0 Å². The highest BCUT2D eigenvalue weighted by atomic mass is 19.4. The molecule has 3 aliphatic rings. The summed E-state index contributed by atoms with van der Waals surface area (Å²) in [7, 11) is 0. The van der Waals surface area contributed by atoms with Crippen molar-refractivity contribution in [2.75, 3.05) is 18.0 Å². The molecule has 0 spiro atoms. The van der Waals surface area contributed by atoms with Crippen LogP contribution in [0.4, 0.5) is 18.9 Å². The maximum absolute atomic E-state index is 13.8. The Bertz CT molecular complexity index is 1720. The SMILES string of the molecule is O=C(O)c1cc(OC2CCC2)c2cc(N3CCC(C=Cc4c(-c5ccccc5C(F)(F)F)noc4C4CC4)C3)ccc2n1. The van der Waals surface area contributed by atoms with Crippen LogP contribution >= 0.6 is 0 Å². The second-order valence-electron chi connectivity index (χ2n) is 11.7. The molecule has 2 aromatic heterocycles. The molecular weight excluding hydrogens is 559 g/mol. The normalized spacial score (nSPS) is 19.3. The Morgan fingerprint density at radius 3 is 2.60 bits per heavy atom. The van der Waals surface area contributed by atoms with E-state index in [1.54, 1.807) is 6.07 Å². The lowest BCUT2D eigenvalue weighted by molar-refractivity contribution is -0.137. The summed E-state index contributed by atoms with van der Waals surface area (Å²) in [5.74, 6) is 0.447. The van der Waals surface area contributed by atoms with Gasteiger partial charge in [-0.1, -0.05) is 35.5 Å². The van der Waals surface area contributed by atoms with Gasteiger partial charge < -0.3 is 19.3 Å². The molecule has 1 aliphatic heterocycles. The van der Waals surface area contributed by atoms with Crippen LogP contribution in [0.25, 0.3) is 28.2 Å². The number of fused-ring (bicyclic) bond motifs is 1. The average Bonchev–Trinajstić information content (AvgIpc) is 3.54. The van der Waals surface area contributed by atoms with E-state index in [9.17, 15) is 23.1 Å². The van der Waals surface area contributed by atoms with Crippen molar-refractivity contribution in [3.05, 3.63) is 77.2 Å². The van der Waals surface area contributed by atoms with Gasteiger partial charge in [0.25, 0.3) is 0 Å². The zero-order valence-electron chi connectivity index (χ0n) is 23.3. The zero-order chi connectivity index (χ0) is 29.7. The minimum Gasteiger partial charge on any atom is -0.490 e. The van der Waals surface area contributed by atoms with Crippen LogP contribution in [0.15, 0.2) is 59.1 Å². The summed E-state index contributed by atoms with van der Waals surface area (Å²) in [5, 5.41) is 14.4. The molecule has 10 heteroatoms. The van der Waals surface area contributed by atoms with E-state index in [0.717, 1.165) is 68.8 Å². The third-order valence-electron chi connectivity index (χ3n) is 8.64. The number of pyridine rings is 1. The maximum Gasteiger partial charge on any atom is 0.417 e. The lowest BCUT2D eigenvalue weighted by atomic mass is 9.96. The third-order valence-corrected chi connectivity index (χ3v) is 8.64. The van der Waals surface area contributed by atoms with Gasteiger partial charge in [0.2, 0.25) is 0 Å². The van der Waals surface area contributed by atoms with Gasteiger partial charge in [-0.2, -0.15) is 13.2 Å². The zero-order valence-corrected chi connectivity index (χ0v) is 23.3. The largest absolute Gasteiger partial charge is 0.490 e. The highest BCUT2D eigenvalue weighted by Gasteiger charge is 2.37. The van der Waals surface area contributed by atoms with Gasteiger partial charge in [-0.15, -0.1) is 0 Å². The Morgan fingerprint density at radius 2 is 1.88 bits per heavy atom. The summed E-state index contributed by atoms with van der Waals surface area (Å²) in [6.45, 7) is 1.52. The first-order valence-corrected chi connectivity index (χ1v) is 14.7.